The number of aromatic hydroxyl groups is 2. The quantitative estimate of drug-likeness (QED) is 0.320. The number of thiophene rings is 1. The lowest BCUT2D eigenvalue weighted by atomic mass is 10.1. The van der Waals surface area contributed by atoms with Crippen LogP contribution in [0.25, 0.3) is 28.2 Å². The molecule has 5 rings (SSSR count). The van der Waals surface area contributed by atoms with E-state index in [0.717, 1.165) is 5.52 Å². The fraction of sp³-hybridized carbons (Fsp3) is 0.0476. The van der Waals surface area contributed by atoms with E-state index in [2.05, 4.69) is 9.97 Å². The van der Waals surface area contributed by atoms with Gasteiger partial charge in [-0.2, -0.15) is 0 Å². The summed E-state index contributed by atoms with van der Waals surface area (Å²) in [6.45, 7) is -0.326. The summed E-state index contributed by atoms with van der Waals surface area (Å²) < 4.78 is 7.01. The molecular weight excluding hydrogens is 406 g/mol. The predicted molar refractivity (Wildman–Crippen MR) is 110 cm³/mol. The van der Waals surface area contributed by atoms with Crippen LogP contribution in [0.4, 0.5) is 0 Å². The van der Waals surface area contributed by atoms with Gasteiger partial charge < -0.3 is 24.7 Å². The molecule has 0 fully saturated rings. The van der Waals surface area contributed by atoms with Crippen molar-refractivity contribution < 1.29 is 24.5 Å². The number of rotatable bonds is 5. The molecule has 9 heteroatoms. The number of hydrogen-bond acceptors (Lipinski definition) is 7. The van der Waals surface area contributed by atoms with Gasteiger partial charge in [-0.25, -0.2) is 4.98 Å². The van der Waals surface area contributed by atoms with Crippen molar-refractivity contribution in [2.75, 3.05) is 0 Å². The Hall–Kier alpha value is -3.82. The van der Waals surface area contributed by atoms with E-state index in [4.69, 9.17) is 4.42 Å². The van der Waals surface area contributed by atoms with E-state index in [-0.39, 0.29) is 29.4 Å². The number of imidazole rings is 1. The highest BCUT2D eigenvalue weighted by Crippen LogP contribution is 2.45. The molecule has 0 unspecified atom stereocenters. The van der Waals surface area contributed by atoms with Crippen LogP contribution in [0.2, 0.25) is 0 Å². The van der Waals surface area contributed by atoms with Crippen molar-refractivity contribution in [3.63, 3.8) is 0 Å². The van der Waals surface area contributed by atoms with Crippen molar-refractivity contribution in [2.24, 2.45) is 0 Å². The Morgan fingerprint density at radius 3 is 2.80 bits per heavy atom. The topological polar surface area (TPSA) is 125 Å². The van der Waals surface area contributed by atoms with Gasteiger partial charge in [0.15, 0.2) is 11.5 Å². The van der Waals surface area contributed by atoms with Gasteiger partial charge >= 0.3 is 0 Å². The molecule has 0 aliphatic carbocycles. The summed E-state index contributed by atoms with van der Waals surface area (Å²) in [5.74, 6) is -0.980. The van der Waals surface area contributed by atoms with Gasteiger partial charge in [0.2, 0.25) is 11.7 Å². The lowest BCUT2D eigenvalue weighted by Gasteiger charge is -2.10. The van der Waals surface area contributed by atoms with Gasteiger partial charge in [0.1, 0.15) is 18.1 Å². The van der Waals surface area contributed by atoms with Crippen LogP contribution < -0.4 is 0 Å². The second-order valence-electron chi connectivity index (χ2n) is 6.57. The van der Waals surface area contributed by atoms with Gasteiger partial charge in [-0.1, -0.05) is 6.07 Å². The highest BCUT2D eigenvalue weighted by molar-refractivity contribution is 7.12. The number of hydrogen-bond donors (Lipinski definition) is 4. The number of ketones is 1. The van der Waals surface area contributed by atoms with Gasteiger partial charge in [-0.3, -0.25) is 9.36 Å². The summed E-state index contributed by atoms with van der Waals surface area (Å²) in [5, 5.41) is 32.7. The number of fused-ring (bicyclic) bond motifs is 1. The number of carbonyl (C=O) groups is 1. The minimum Gasteiger partial charge on any atom is -0.503 e. The molecule has 0 atom stereocenters. The molecule has 4 heterocycles. The molecule has 5 aromatic rings. The number of nitrogens with one attached hydrogen (secondary N) is 1. The monoisotopic (exact) mass is 421 g/mol. The molecule has 0 aliphatic heterocycles. The Morgan fingerprint density at radius 2 is 2.07 bits per heavy atom. The van der Waals surface area contributed by atoms with Crippen LogP contribution in [-0.2, 0) is 6.61 Å². The first kappa shape index (κ1) is 18.2. The van der Waals surface area contributed by atoms with Crippen molar-refractivity contribution in [1.29, 1.82) is 0 Å². The average Bonchev–Trinajstić information content (AvgIpc) is 3.54. The Balaban J connectivity index is 1.81. The van der Waals surface area contributed by atoms with Crippen molar-refractivity contribution in [3.8, 4) is 28.8 Å². The summed E-state index contributed by atoms with van der Waals surface area (Å²) in [5.41, 5.74) is 2.03. The number of aliphatic hydroxyl groups is 1. The number of nitrogens with zero attached hydrogens (tertiary/aromatic N) is 2. The third-order valence-electron chi connectivity index (χ3n) is 4.81. The third-order valence-corrected chi connectivity index (χ3v) is 5.67. The Morgan fingerprint density at radius 1 is 1.20 bits per heavy atom. The Bertz CT molecular complexity index is 1380. The number of aromatic nitrogens is 3. The zero-order chi connectivity index (χ0) is 20.8. The summed E-state index contributed by atoms with van der Waals surface area (Å²) in [7, 11) is 0. The van der Waals surface area contributed by atoms with Gasteiger partial charge in [0.05, 0.1) is 33.5 Å². The van der Waals surface area contributed by atoms with E-state index in [1.54, 1.807) is 54.2 Å². The van der Waals surface area contributed by atoms with Gasteiger partial charge in [-0.15, -0.1) is 11.3 Å². The van der Waals surface area contributed by atoms with Crippen LogP contribution in [0.3, 0.4) is 0 Å². The number of benzene rings is 1. The maximum atomic E-state index is 13.2. The molecule has 0 saturated heterocycles. The maximum Gasteiger partial charge on any atom is 0.240 e. The maximum absolute atomic E-state index is 13.2. The van der Waals surface area contributed by atoms with Crippen LogP contribution in [0.5, 0.6) is 11.6 Å². The molecule has 8 nitrogen and oxygen atoms in total. The summed E-state index contributed by atoms with van der Waals surface area (Å²) in [6.07, 6.45) is 1.55. The largest absolute Gasteiger partial charge is 0.503 e. The van der Waals surface area contributed by atoms with E-state index < -0.39 is 17.4 Å². The standard InChI is InChI=1S/C21H15N3O5S/c25-9-12-4-6-15(29-12)18-17(19(26)16-2-1-7-30-16)20(27)21(28)24(18)11-3-5-13-14(8-11)23-10-22-13/h1-8,10,25,27-28H,9H2,(H,22,23). The first-order valence-electron chi connectivity index (χ1n) is 8.96. The smallest absolute Gasteiger partial charge is 0.240 e. The number of H-pyrrole nitrogens is 1. The molecule has 4 aromatic heterocycles. The second-order valence-corrected chi connectivity index (χ2v) is 7.51. The lowest BCUT2D eigenvalue weighted by molar-refractivity contribution is 0.104. The van der Waals surface area contributed by atoms with Crippen LogP contribution in [0, 0.1) is 0 Å². The summed E-state index contributed by atoms with van der Waals surface area (Å²) >= 11 is 1.23. The molecule has 150 valence electrons. The number of aliphatic hydroxyl groups excluding tert-OH is 1. The van der Waals surface area contributed by atoms with E-state index in [1.807, 2.05) is 0 Å². The highest BCUT2D eigenvalue weighted by Gasteiger charge is 2.32. The van der Waals surface area contributed by atoms with E-state index in [0.29, 0.717) is 16.1 Å². The van der Waals surface area contributed by atoms with E-state index in [1.165, 1.54) is 15.9 Å². The predicted octanol–water partition coefficient (Wildman–Crippen LogP) is 3.81. The number of aromatic amines is 1. The second kappa shape index (κ2) is 6.90. The molecule has 0 radical (unpaired) electrons. The minimum atomic E-state index is -0.546. The van der Waals surface area contributed by atoms with Crippen molar-refractivity contribution in [2.45, 2.75) is 6.61 Å². The van der Waals surface area contributed by atoms with Crippen molar-refractivity contribution >= 4 is 28.2 Å². The molecule has 1 aromatic carbocycles. The van der Waals surface area contributed by atoms with Gasteiger partial charge in [-0.05, 0) is 41.8 Å². The average molecular weight is 421 g/mol. The molecule has 0 spiro atoms. The van der Waals surface area contributed by atoms with Crippen LogP contribution in [0.1, 0.15) is 21.0 Å². The van der Waals surface area contributed by atoms with Gasteiger partial charge in [0, 0.05) is 0 Å². The fourth-order valence-corrected chi connectivity index (χ4v) is 4.10. The fourth-order valence-electron chi connectivity index (χ4n) is 3.43. The minimum absolute atomic E-state index is 0.0847. The molecule has 0 bridgehead atoms. The van der Waals surface area contributed by atoms with E-state index >= 15 is 0 Å². The molecule has 0 amide bonds. The highest BCUT2D eigenvalue weighted by atomic mass is 32.1. The van der Waals surface area contributed by atoms with Crippen LogP contribution >= 0.6 is 11.3 Å². The van der Waals surface area contributed by atoms with Crippen LogP contribution in [0.15, 0.2) is 58.6 Å². The first-order valence-corrected chi connectivity index (χ1v) is 9.84. The van der Waals surface area contributed by atoms with E-state index in [9.17, 15) is 20.1 Å². The number of carbonyl (C=O) groups excluding carboxylic acids is 1. The molecule has 4 N–H and O–H groups in total. The lowest BCUT2D eigenvalue weighted by Crippen LogP contribution is -2.03. The summed E-state index contributed by atoms with van der Waals surface area (Å²) in [6, 6.07) is 11.7. The van der Waals surface area contributed by atoms with Gasteiger partial charge in [0.25, 0.3) is 0 Å². The SMILES string of the molecule is O=C(c1cccs1)c1c(O)c(O)n(-c2ccc3nc[nH]c3c2)c1-c1ccc(CO)o1. The van der Waals surface area contributed by atoms with Crippen LogP contribution in [-0.4, -0.2) is 35.6 Å². The molecule has 30 heavy (non-hydrogen) atoms. The van der Waals surface area contributed by atoms with Crippen molar-refractivity contribution in [3.05, 3.63) is 70.4 Å². The Labute approximate surface area is 173 Å². The zero-order valence-electron chi connectivity index (χ0n) is 15.4. The van der Waals surface area contributed by atoms with Crippen molar-refractivity contribution in [1.82, 2.24) is 14.5 Å². The normalized spacial score (nSPS) is 11.4. The molecule has 0 aliphatic rings. The third kappa shape index (κ3) is 2.71. The first-order chi connectivity index (χ1) is 14.6. The number of furan rings is 1. The Kier molecular flexibility index (Phi) is 4.19. The molecular formula is C21H15N3O5S. The zero-order valence-corrected chi connectivity index (χ0v) is 16.2. The summed E-state index contributed by atoms with van der Waals surface area (Å²) in [4.78, 5) is 20.8. The molecule has 0 saturated carbocycles.